The van der Waals surface area contributed by atoms with Crippen molar-refractivity contribution in [1.82, 2.24) is 10.6 Å². The maximum Gasteiger partial charge on any atom is 0.191 e. The number of halogens is 1. The van der Waals surface area contributed by atoms with E-state index < -0.39 is 6.10 Å². The number of aliphatic hydroxyl groups excluding tert-OH is 1. The third kappa shape index (κ3) is 5.18. The number of fused-ring (bicyclic) bond motifs is 1. The first-order valence-electron chi connectivity index (χ1n) is 8.33. The van der Waals surface area contributed by atoms with Crippen LogP contribution in [0.25, 0.3) is 10.1 Å². The number of thiophene rings is 1. The standard InChI is InChI=1S/C20H23N3OS.HI/c1-14-7-3-4-9-16(14)12-22-20(21-2)23-13-17(24)19-11-15-8-5-6-10-18(15)25-19;/h3-11,17,24H,12-13H2,1-2H3,(H2,21,22,23);1H. The summed E-state index contributed by atoms with van der Waals surface area (Å²) >= 11 is 1.63. The molecule has 4 nitrogen and oxygen atoms in total. The van der Waals surface area contributed by atoms with Gasteiger partial charge in [0.2, 0.25) is 0 Å². The van der Waals surface area contributed by atoms with Gasteiger partial charge in [0, 0.05) is 29.7 Å². The monoisotopic (exact) mass is 481 g/mol. The quantitative estimate of drug-likeness (QED) is 0.291. The first-order valence-corrected chi connectivity index (χ1v) is 9.14. The van der Waals surface area contributed by atoms with Gasteiger partial charge >= 0.3 is 0 Å². The SMILES string of the molecule is CN=C(NCc1ccccc1C)NCC(O)c1cc2ccccc2s1.I. The molecule has 0 bridgehead atoms. The fraction of sp³-hybridized carbons (Fsp3) is 0.250. The van der Waals surface area contributed by atoms with Crippen LogP contribution in [0.5, 0.6) is 0 Å². The van der Waals surface area contributed by atoms with Crippen LogP contribution in [0.15, 0.2) is 59.6 Å². The van der Waals surface area contributed by atoms with E-state index in [9.17, 15) is 5.11 Å². The molecule has 0 fully saturated rings. The third-order valence-corrected chi connectivity index (χ3v) is 5.38. The van der Waals surface area contributed by atoms with Crippen molar-refractivity contribution in [3.63, 3.8) is 0 Å². The molecule has 0 saturated heterocycles. The van der Waals surface area contributed by atoms with Gasteiger partial charge in [0.15, 0.2) is 5.96 Å². The van der Waals surface area contributed by atoms with Crippen molar-refractivity contribution in [2.24, 2.45) is 4.99 Å². The maximum absolute atomic E-state index is 10.5. The second kappa shape index (κ2) is 9.89. The zero-order valence-electron chi connectivity index (χ0n) is 14.9. The number of nitrogens with one attached hydrogen (secondary N) is 2. The molecule has 0 amide bonds. The zero-order chi connectivity index (χ0) is 17.6. The van der Waals surface area contributed by atoms with Gasteiger partial charge < -0.3 is 15.7 Å². The Kier molecular flexibility index (Phi) is 7.86. The molecular weight excluding hydrogens is 457 g/mol. The number of guanidine groups is 1. The Morgan fingerprint density at radius 3 is 2.58 bits per heavy atom. The van der Waals surface area contributed by atoms with E-state index in [2.05, 4.69) is 52.9 Å². The first-order chi connectivity index (χ1) is 12.2. The van der Waals surface area contributed by atoms with Gasteiger partial charge in [-0.2, -0.15) is 0 Å². The van der Waals surface area contributed by atoms with Gasteiger partial charge in [0.05, 0.1) is 0 Å². The van der Waals surface area contributed by atoms with Crippen LogP contribution in [0.1, 0.15) is 22.1 Å². The number of aryl methyl sites for hydroxylation is 1. The van der Waals surface area contributed by atoms with E-state index in [0.29, 0.717) is 19.0 Å². The molecule has 1 unspecified atom stereocenters. The number of hydrogen-bond donors (Lipinski definition) is 3. The van der Waals surface area contributed by atoms with Crippen molar-refractivity contribution < 1.29 is 5.11 Å². The number of rotatable bonds is 5. The van der Waals surface area contributed by atoms with Crippen LogP contribution in [0.3, 0.4) is 0 Å². The molecule has 1 aromatic heterocycles. The molecular formula is C20H24IN3OS. The highest BCUT2D eigenvalue weighted by molar-refractivity contribution is 14.0. The number of aliphatic hydroxyl groups is 1. The summed E-state index contributed by atoms with van der Waals surface area (Å²) in [5.74, 6) is 0.684. The molecule has 6 heteroatoms. The van der Waals surface area contributed by atoms with Crippen LogP contribution in [0.2, 0.25) is 0 Å². The molecule has 138 valence electrons. The summed E-state index contributed by atoms with van der Waals surface area (Å²) in [5.41, 5.74) is 2.48. The van der Waals surface area contributed by atoms with Crippen molar-refractivity contribution in [2.45, 2.75) is 19.6 Å². The van der Waals surface area contributed by atoms with Crippen molar-refractivity contribution >= 4 is 51.4 Å². The largest absolute Gasteiger partial charge is 0.386 e. The highest BCUT2D eigenvalue weighted by atomic mass is 127. The summed E-state index contributed by atoms with van der Waals surface area (Å²) in [7, 11) is 1.74. The first kappa shape index (κ1) is 20.7. The van der Waals surface area contributed by atoms with Crippen LogP contribution < -0.4 is 10.6 Å². The molecule has 3 rings (SSSR count). The van der Waals surface area contributed by atoms with Crippen molar-refractivity contribution in [2.75, 3.05) is 13.6 Å². The molecule has 2 aromatic carbocycles. The number of benzene rings is 2. The van der Waals surface area contributed by atoms with Gasteiger partial charge in [-0.25, -0.2) is 0 Å². The molecule has 0 aliphatic rings. The van der Waals surface area contributed by atoms with Crippen LogP contribution in [0, 0.1) is 6.92 Å². The molecule has 0 aliphatic heterocycles. The molecule has 26 heavy (non-hydrogen) atoms. The minimum Gasteiger partial charge on any atom is -0.386 e. The van der Waals surface area contributed by atoms with Gasteiger partial charge in [-0.05, 0) is 35.6 Å². The Hall–Kier alpha value is -1.64. The highest BCUT2D eigenvalue weighted by Crippen LogP contribution is 2.29. The topological polar surface area (TPSA) is 56.7 Å². The smallest absolute Gasteiger partial charge is 0.191 e. The van der Waals surface area contributed by atoms with Crippen LogP contribution in [-0.2, 0) is 6.54 Å². The third-order valence-electron chi connectivity index (χ3n) is 4.17. The van der Waals surface area contributed by atoms with Gasteiger partial charge in [-0.15, -0.1) is 35.3 Å². The zero-order valence-corrected chi connectivity index (χ0v) is 18.0. The lowest BCUT2D eigenvalue weighted by Crippen LogP contribution is -2.39. The summed E-state index contributed by atoms with van der Waals surface area (Å²) in [5, 5.41) is 18.1. The van der Waals surface area contributed by atoms with Crippen molar-refractivity contribution in [3.8, 4) is 0 Å². The van der Waals surface area contributed by atoms with Crippen molar-refractivity contribution in [3.05, 3.63) is 70.6 Å². The second-order valence-electron chi connectivity index (χ2n) is 5.94. The van der Waals surface area contributed by atoms with Gasteiger partial charge in [0.1, 0.15) is 6.10 Å². The van der Waals surface area contributed by atoms with E-state index in [1.165, 1.54) is 21.2 Å². The van der Waals surface area contributed by atoms with E-state index in [-0.39, 0.29) is 24.0 Å². The van der Waals surface area contributed by atoms with E-state index in [1.54, 1.807) is 18.4 Å². The fourth-order valence-electron chi connectivity index (χ4n) is 2.67. The summed E-state index contributed by atoms with van der Waals surface area (Å²) in [6.07, 6.45) is -0.561. The summed E-state index contributed by atoms with van der Waals surface area (Å²) in [6, 6.07) is 18.5. The Labute approximate surface area is 175 Å². The highest BCUT2D eigenvalue weighted by Gasteiger charge is 2.12. The van der Waals surface area contributed by atoms with Gasteiger partial charge in [0.25, 0.3) is 0 Å². The molecule has 0 saturated carbocycles. The molecule has 0 aliphatic carbocycles. The Balaban J connectivity index is 0.00000243. The van der Waals surface area contributed by atoms with E-state index in [1.807, 2.05) is 24.3 Å². The lowest BCUT2D eigenvalue weighted by atomic mass is 10.1. The Morgan fingerprint density at radius 2 is 1.85 bits per heavy atom. The van der Waals surface area contributed by atoms with Gasteiger partial charge in [-0.1, -0.05) is 42.5 Å². The Morgan fingerprint density at radius 1 is 1.12 bits per heavy atom. The summed E-state index contributed by atoms with van der Waals surface area (Å²) in [4.78, 5) is 5.19. The predicted molar refractivity (Wildman–Crippen MR) is 122 cm³/mol. The maximum atomic E-state index is 10.5. The predicted octanol–water partition coefficient (Wildman–Crippen LogP) is 4.23. The van der Waals surface area contributed by atoms with Crippen LogP contribution in [-0.4, -0.2) is 24.7 Å². The normalized spacial score (nSPS) is 12.5. The van der Waals surface area contributed by atoms with Crippen LogP contribution >= 0.6 is 35.3 Å². The molecule has 3 aromatic rings. The van der Waals surface area contributed by atoms with E-state index in [4.69, 9.17) is 0 Å². The van der Waals surface area contributed by atoms with Crippen molar-refractivity contribution in [1.29, 1.82) is 0 Å². The average molecular weight is 481 g/mol. The van der Waals surface area contributed by atoms with E-state index >= 15 is 0 Å². The lowest BCUT2D eigenvalue weighted by molar-refractivity contribution is 0.184. The van der Waals surface area contributed by atoms with E-state index in [0.717, 1.165) is 4.88 Å². The molecule has 0 radical (unpaired) electrons. The second-order valence-corrected chi connectivity index (χ2v) is 7.05. The Bertz CT molecular complexity index is 845. The molecule has 0 spiro atoms. The van der Waals surface area contributed by atoms with Gasteiger partial charge in [-0.3, -0.25) is 4.99 Å². The minimum absolute atomic E-state index is 0. The molecule has 1 atom stereocenters. The van der Waals surface area contributed by atoms with Crippen LogP contribution in [0.4, 0.5) is 0 Å². The minimum atomic E-state index is -0.561. The average Bonchev–Trinajstić information content (AvgIpc) is 3.07. The number of aliphatic imine (C=N–C) groups is 1. The summed E-state index contributed by atoms with van der Waals surface area (Å²) < 4.78 is 1.19. The molecule has 3 N–H and O–H groups in total. The fourth-order valence-corrected chi connectivity index (χ4v) is 3.72. The number of nitrogens with zero attached hydrogens (tertiary/aromatic N) is 1. The lowest BCUT2D eigenvalue weighted by Gasteiger charge is -2.15. The summed E-state index contributed by atoms with van der Waals surface area (Å²) in [6.45, 7) is 3.21. The molecule has 1 heterocycles. The number of hydrogen-bond acceptors (Lipinski definition) is 3.